The van der Waals surface area contributed by atoms with Crippen LogP contribution in [0.15, 0.2) is 74.8 Å². The van der Waals surface area contributed by atoms with Gasteiger partial charge in [-0.3, -0.25) is 4.79 Å². The number of hydrazone groups is 1. The van der Waals surface area contributed by atoms with Gasteiger partial charge in [0.25, 0.3) is 5.91 Å². The molecule has 1 amide bonds. The Hall–Kier alpha value is -2.91. The number of aromatic nitrogens is 1. The standard InChI is InChI=1S/C20H15Br2N3O4/c21-14-6-7-18(17(22)10-14)29-12-19(26)24-23-11-16-5-2-8-25(16)15-4-1-3-13(9-15)20(27)28/h1-11H,12H2,(H,24,26)(H,27,28)/b23-11+. The molecule has 0 radical (unpaired) electrons. The van der Waals surface area contributed by atoms with Gasteiger partial charge < -0.3 is 14.4 Å². The fourth-order valence-corrected chi connectivity index (χ4v) is 3.62. The lowest BCUT2D eigenvalue weighted by Crippen LogP contribution is -2.24. The summed E-state index contributed by atoms with van der Waals surface area (Å²) in [6, 6.07) is 15.5. The third-order valence-corrected chi connectivity index (χ3v) is 4.90. The summed E-state index contributed by atoms with van der Waals surface area (Å²) in [4.78, 5) is 23.1. The summed E-state index contributed by atoms with van der Waals surface area (Å²) >= 11 is 6.71. The van der Waals surface area contributed by atoms with Crippen LogP contribution in [0.2, 0.25) is 0 Å². The molecule has 1 aromatic heterocycles. The number of nitrogens with one attached hydrogen (secondary N) is 1. The highest BCUT2D eigenvalue weighted by atomic mass is 79.9. The molecule has 2 aromatic carbocycles. The van der Waals surface area contributed by atoms with Crippen LogP contribution in [0.25, 0.3) is 5.69 Å². The van der Waals surface area contributed by atoms with E-state index < -0.39 is 11.9 Å². The molecule has 0 bridgehead atoms. The number of carboxylic acid groups (broad SMARTS) is 1. The highest BCUT2D eigenvalue weighted by molar-refractivity contribution is 9.11. The maximum Gasteiger partial charge on any atom is 0.335 e. The summed E-state index contributed by atoms with van der Waals surface area (Å²) in [6.45, 7) is -0.195. The van der Waals surface area contributed by atoms with E-state index in [9.17, 15) is 9.59 Å². The lowest BCUT2D eigenvalue weighted by atomic mass is 10.2. The van der Waals surface area contributed by atoms with E-state index in [1.54, 1.807) is 47.2 Å². The summed E-state index contributed by atoms with van der Waals surface area (Å²) in [5.74, 6) is -0.875. The van der Waals surface area contributed by atoms with Gasteiger partial charge in [0.2, 0.25) is 0 Å². The number of carbonyl (C=O) groups is 2. The highest BCUT2D eigenvalue weighted by Gasteiger charge is 2.08. The van der Waals surface area contributed by atoms with Gasteiger partial charge in [-0.25, -0.2) is 10.2 Å². The molecular weight excluding hydrogens is 506 g/mol. The number of rotatable bonds is 7. The second-order valence-electron chi connectivity index (χ2n) is 5.82. The van der Waals surface area contributed by atoms with Crippen LogP contribution in [0.4, 0.5) is 0 Å². The van der Waals surface area contributed by atoms with Gasteiger partial charge in [0.1, 0.15) is 5.75 Å². The Morgan fingerprint density at radius 2 is 1.97 bits per heavy atom. The molecule has 29 heavy (non-hydrogen) atoms. The van der Waals surface area contributed by atoms with Crippen LogP contribution < -0.4 is 10.2 Å². The molecule has 1 heterocycles. The van der Waals surface area contributed by atoms with Crippen LogP contribution in [0.3, 0.4) is 0 Å². The molecule has 0 aliphatic carbocycles. The van der Waals surface area contributed by atoms with Gasteiger partial charge in [-0.15, -0.1) is 0 Å². The molecule has 0 atom stereocenters. The number of benzene rings is 2. The van der Waals surface area contributed by atoms with Crippen molar-refractivity contribution in [2.45, 2.75) is 0 Å². The molecule has 2 N–H and O–H groups in total. The zero-order chi connectivity index (χ0) is 20.8. The van der Waals surface area contributed by atoms with E-state index in [1.165, 1.54) is 12.3 Å². The van der Waals surface area contributed by atoms with Gasteiger partial charge in [-0.05, 0) is 64.5 Å². The average molecular weight is 521 g/mol. The first-order valence-corrected chi connectivity index (χ1v) is 9.93. The SMILES string of the molecule is O=C(COc1ccc(Br)cc1Br)N/N=C/c1cccn1-c1cccc(C(=O)O)c1. The Balaban J connectivity index is 1.61. The number of ether oxygens (including phenoxy) is 1. The first-order valence-electron chi connectivity index (χ1n) is 8.35. The van der Waals surface area contributed by atoms with Crippen LogP contribution in [0.5, 0.6) is 5.75 Å². The number of carboxylic acids is 1. The number of hydrogen-bond donors (Lipinski definition) is 2. The van der Waals surface area contributed by atoms with Crippen molar-refractivity contribution in [1.82, 2.24) is 9.99 Å². The fraction of sp³-hybridized carbons (Fsp3) is 0.0500. The molecule has 0 aliphatic heterocycles. The smallest absolute Gasteiger partial charge is 0.335 e. The molecule has 148 valence electrons. The van der Waals surface area contributed by atoms with Crippen molar-refractivity contribution in [2.75, 3.05) is 6.61 Å². The predicted molar refractivity (Wildman–Crippen MR) is 116 cm³/mol. The van der Waals surface area contributed by atoms with Gasteiger partial charge in [-0.2, -0.15) is 5.10 Å². The number of nitrogens with zero attached hydrogens (tertiary/aromatic N) is 2. The van der Waals surface area contributed by atoms with Gasteiger partial charge in [-0.1, -0.05) is 22.0 Å². The summed E-state index contributed by atoms with van der Waals surface area (Å²) in [5.41, 5.74) is 3.93. The maximum atomic E-state index is 12.0. The van der Waals surface area contributed by atoms with E-state index >= 15 is 0 Å². The van der Waals surface area contributed by atoms with E-state index in [4.69, 9.17) is 9.84 Å². The minimum Gasteiger partial charge on any atom is -0.483 e. The maximum absolute atomic E-state index is 12.0. The average Bonchev–Trinajstić information content (AvgIpc) is 3.16. The Bertz CT molecular complexity index is 1080. The number of halogens is 2. The van der Waals surface area contributed by atoms with Crippen molar-refractivity contribution in [1.29, 1.82) is 0 Å². The third kappa shape index (κ3) is 5.55. The lowest BCUT2D eigenvalue weighted by molar-refractivity contribution is -0.123. The molecule has 0 saturated heterocycles. The van der Waals surface area contributed by atoms with E-state index in [0.29, 0.717) is 17.1 Å². The van der Waals surface area contributed by atoms with Crippen molar-refractivity contribution in [3.05, 3.63) is 81.0 Å². The lowest BCUT2D eigenvalue weighted by Gasteiger charge is -2.08. The molecular formula is C20H15Br2N3O4. The van der Waals surface area contributed by atoms with Gasteiger partial charge >= 0.3 is 5.97 Å². The zero-order valence-corrected chi connectivity index (χ0v) is 18.1. The summed E-state index contributed by atoms with van der Waals surface area (Å²) in [6.07, 6.45) is 3.25. The van der Waals surface area contributed by atoms with E-state index in [0.717, 1.165) is 8.95 Å². The zero-order valence-electron chi connectivity index (χ0n) is 14.9. The monoisotopic (exact) mass is 519 g/mol. The first-order chi connectivity index (χ1) is 13.9. The minimum absolute atomic E-state index is 0.184. The Kier molecular flexibility index (Phi) is 6.84. The Labute approximate surface area is 183 Å². The topological polar surface area (TPSA) is 92.9 Å². The number of amides is 1. The van der Waals surface area contributed by atoms with Gasteiger partial charge in [0.05, 0.1) is 21.9 Å². The Morgan fingerprint density at radius 3 is 2.72 bits per heavy atom. The van der Waals surface area contributed by atoms with Crippen LogP contribution in [-0.2, 0) is 4.79 Å². The molecule has 0 saturated carbocycles. The van der Waals surface area contributed by atoms with Crippen LogP contribution in [0, 0.1) is 0 Å². The number of carbonyl (C=O) groups excluding carboxylic acids is 1. The molecule has 9 heteroatoms. The fourth-order valence-electron chi connectivity index (χ4n) is 2.46. The van der Waals surface area contributed by atoms with Crippen molar-refractivity contribution >= 4 is 50.0 Å². The molecule has 7 nitrogen and oxygen atoms in total. The van der Waals surface area contributed by atoms with E-state index in [2.05, 4.69) is 42.4 Å². The van der Waals surface area contributed by atoms with Crippen molar-refractivity contribution in [2.24, 2.45) is 5.10 Å². The van der Waals surface area contributed by atoms with Crippen LogP contribution in [0.1, 0.15) is 16.1 Å². The first kappa shape index (κ1) is 20.8. The van der Waals surface area contributed by atoms with Gasteiger partial charge in [0.15, 0.2) is 6.61 Å². The van der Waals surface area contributed by atoms with Crippen molar-refractivity contribution in [3.8, 4) is 11.4 Å². The summed E-state index contributed by atoms with van der Waals surface area (Å²) < 4.78 is 8.83. The third-order valence-electron chi connectivity index (χ3n) is 3.79. The molecule has 0 aliphatic rings. The molecule has 3 aromatic rings. The largest absolute Gasteiger partial charge is 0.483 e. The molecule has 0 unspecified atom stereocenters. The van der Waals surface area contributed by atoms with E-state index in [-0.39, 0.29) is 12.2 Å². The van der Waals surface area contributed by atoms with Crippen molar-refractivity contribution < 1.29 is 19.4 Å². The van der Waals surface area contributed by atoms with Crippen LogP contribution in [-0.4, -0.2) is 34.4 Å². The number of aromatic carboxylic acids is 1. The predicted octanol–water partition coefficient (Wildman–Crippen LogP) is 4.23. The summed E-state index contributed by atoms with van der Waals surface area (Å²) in [5, 5.41) is 13.1. The molecule has 0 fully saturated rings. The summed E-state index contributed by atoms with van der Waals surface area (Å²) in [7, 11) is 0. The second kappa shape index (κ2) is 9.53. The second-order valence-corrected chi connectivity index (χ2v) is 7.59. The molecule has 3 rings (SSSR count). The van der Waals surface area contributed by atoms with Crippen LogP contribution >= 0.6 is 31.9 Å². The quantitative estimate of drug-likeness (QED) is 0.360. The minimum atomic E-state index is -1.00. The molecule has 0 spiro atoms. The highest BCUT2D eigenvalue weighted by Crippen LogP contribution is 2.28. The van der Waals surface area contributed by atoms with E-state index in [1.807, 2.05) is 12.1 Å². The number of hydrogen-bond acceptors (Lipinski definition) is 4. The van der Waals surface area contributed by atoms with Crippen molar-refractivity contribution in [3.63, 3.8) is 0 Å². The Morgan fingerprint density at radius 1 is 1.14 bits per heavy atom. The normalized spacial score (nSPS) is 10.8. The van der Waals surface area contributed by atoms with Gasteiger partial charge in [0, 0.05) is 16.4 Å².